The van der Waals surface area contributed by atoms with E-state index in [1.807, 2.05) is 32.0 Å². The molecule has 0 aliphatic heterocycles. The molecule has 3 aromatic rings. The van der Waals surface area contributed by atoms with Crippen LogP contribution in [0.25, 0.3) is 11.6 Å². The topological polar surface area (TPSA) is 46.2 Å². The zero-order chi connectivity index (χ0) is 21.1. The predicted octanol–water partition coefficient (Wildman–Crippen LogP) is 5.77. The molecule has 0 saturated carbocycles. The highest BCUT2D eigenvalue weighted by Crippen LogP contribution is 2.35. The molecule has 3 nitrogen and oxygen atoms in total. The summed E-state index contributed by atoms with van der Waals surface area (Å²) < 4.78 is 27.4. The summed E-state index contributed by atoms with van der Waals surface area (Å²) in [6.45, 7) is 3.81. The maximum absolute atomic E-state index is 12.4. The van der Waals surface area contributed by atoms with Crippen LogP contribution >= 0.6 is 0 Å². The van der Waals surface area contributed by atoms with Gasteiger partial charge in [0.1, 0.15) is 0 Å². The molecule has 0 aromatic heterocycles. The van der Waals surface area contributed by atoms with Crippen LogP contribution in [-0.4, -0.2) is 14.2 Å². The van der Waals surface area contributed by atoms with Crippen LogP contribution in [0.2, 0.25) is 0 Å². The Labute approximate surface area is 179 Å². The molecule has 0 unspecified atom stereocenters. The highest BCUT2D eigenvalue weighted by molar-refractivity contribution is 7.92. The van der Waals surface area contributed by atoms with E-state index < -0.39 is 10.0 Å². The fraction of sp³-hybridized carbons (Fsp3) is 0.231. The van der Waals surface area contributed by atoms with Crippen molar-refractivity contribution in [1.82, 2.24) is 0 Å². The first kappa shape index (κ1) is 20.4. The van der Waals surface area contributed by atoms with E-state index in [0.29, 0.717) is 5.69 Å². The van der Waals surface area contributed by atoms with Crippen LogP contribution in [0.1, 0.15) is 41.7 Å². The average Bonchev–Trinajstić information content (AvgIpc) is 2.85. The van der Waals surface area contributed by atoms with Gasteiger partial charge in [0.15, 0.2) is 0 Å². The van der Waals surface area contributed by atoms with Gasteiger partial charge >= 0.3 is 0 Å². The first-order chi connectivity index (χ1) is 14.4. The summed E-state index contributed by atoms with van der Waals surface area (Å²) in [6, 6.07) is 24.7. The van der Waals surface area contributed by atoms with Gasteiger partial charge in [0, 0.05) is 5.69 Å². The number of aryl methyl sites for hydroxylation is 2. The number of anilines is 1. The van der Waals surface area contributed by atoms with Crippen molar-refractivity contribution in [2.45, 2.75) is 26.7 Å². The average molecular weight is 418 g/mol. The van der Waals surface area contributed by atoms with Crippen molar-refractivity contribution in [3.05, 3.63) is 101 Å². The molecule has 1 N–H and O–H groups in total. The third-order valence-corrected chi connectivity index (χ3v) is 6.95. The van der Waals surface area contributed by atoms with Crippen molar-refractivity contribution in [1.29, 1.82) is 0 Å². The number of rotatable bonds is 5. The monoisotopic (exact) mass is 417 g/mol. The summed E-state index contributed by atoms with van der Waals surface area (Å²) in [5.74, 6) is 0.186. The number of sulfonamides is 1. The summed E-state index contributed by atoms with van der Waals surface area (Å²) in [5, 5.41) is 0. The van der Waals surface area contributed by atoms with Crippen LogP contribution in [0.15, 0.2) is 72.8 Å². The smallest absolute Gasteiger partial charge is 0.232 e. The molecule has 3 aromatic carbocycles. The third kappa shape index (κ3) is 4.65. The van der Waals surface area contributed by atoms with Crippen molar-refractivity contribution in [3.63, 3.8) is 0 Å². The van der Waals surface area contributed by atoms with E-state index in [1.165, 1.54) is 27.8 Å². The van der Waals surface area contributed by atoms with Gasteiger partial charge in [-0.3, -0.25) is 4.72 Å². The number of nitrogens with one attached hydrogen (secondary N) is 1. The second-order valence-electron chi connectivity index (χ2n) is 8.28. The SMILES string of the molecule is CC(C)CS(=O)(=O)Nc1cccc(C=C2c3ccccc3CCc3ccccc32)c1. The Bertz CT molecular complexity index is 1140. The fourth-order valence-electron chi connectivity index (χ4n) is 4.09. The molecule has 30 heavy (non-hydrogen) atoms. The summed E-state index contributed by atoms with van der Waals surface area (Å²) >= 11 is 0. The molecule has 0 bridgehead atoms. The minimum atomic E-state index is -3.36. The molecular weight excluding hydrogens is 390 g/mol. The normalized spacial score (nSPS) is 13.4. The first-order valence-corrected chi connectivity index (χ1v) is 12.1. The molecule has 4 heteroatoms. The van der Waals surface area contributed by atoms with Crippen LogP contribution in [0.4, 0.5) is 5.69 Å². The molecule has 1 aliphatic carbocycles. The van der Waals surface area contributed by atoms with E-state index in [9.17, 15) is 8.42 Å². The minimum Gasteiger partial charge on any atom is -0.284 e. The summed E-state index contributed by atoms with van der Waals surface area (Å²) in [4.78, 5) is 0. The maximum atomic E-state index is 12.4. The van der Waals surface area contributed by atoms with Crippen molar-refractivity contribution in [2.24, 2.45) is 5.92 Å². The van der Waals surface area contributed by atoms with Gasteiger partial charge in [-0.15, -0.1) is 0 Å². The van der Waals surface area contributed by atoms with E-state index in [-0.39, 0.29) is 11.7 Å². The third-order valence-electron chi connectivity index (χ3n) is 5.30. The van der Waals surface area contributed by atoms with Crippen LogP contribution in [0.5, 0.6) is 0 Å². The zero-order valence-electron chi connectivity index (χ0n) is 17.4. The Hall–Kier alpha value is -2.85. The van der Waals surface area contributed by atoms with Crippen LogP contribution in [-0.2, 0) is 22.9 Å². The Morgan fingerprint density at radius 3 is 2.07 bits per heavy atom. The maximum Gasteiger partial charge on any atom is 0.232 e. The van der Waals surface area contributed by atoms with E-state index in [1.54, 1.807) is 6.07 Å². The number of benzene rings is 3. The van der Waals surface area contributed by atoms with Gasteiger partial charge in [0.25, 0.3) is 0 Å². The number of hydrogen-bond donors (Lipinski definition) is 1. The lowest BCUT2D eigenvalue weighted by molar-refractivity contribution is 0.587. The molecule has 154 valence electrons. The Morgan fingerprint density at radius 1 is 0.867 bits per heavy atom. The highest BCUT2D eigenvalue weighted by atomic mass is 32.2. The summed E-state index contributed by atoms with van der Waals surface area (Å²) in [6.07, 6.45) is 4.20. The highest BCUT2D eigenvalue weighted by Gasteiger charge is 2.18. The number of fused-ring (bicyclic) bond motifs is 2. The lowest BCUT2D eigenvalue weighted by Gasteiger charge is -2.13. The quantitative estimate of drug-likeness (QED) is 0.573. The lowest BCUT2D eigenvalue weighted by Crippen LogP contribution is -2.20. The number of hydrogen-bond acceptors (Lipinski definition) is 2. The largest absolute Gasteiger partial charge is 0.284 e. The Morgan fingerprint density at radius 2 is 1.47 bits per heavy atom. The van der Waals surface area contributed by atoms with Crippen molar-refractivity contribution < 1.29 is 8.42 Å². The van der Waals surface area contributed by atoms with Crippen LogP contribution < -0.4 is 4.72 Å². The van der Waals surface area contributed by atoms with Gasteiger partial charge in [-0.25, -0.2) is 8.42 Å². The van der Waals surface area contributed by atoms with Crippen LogP contribution in [0.3, 0.4) is 0 Å². The molecule has 1 aliphatic rings. The van der Waals surface area contributed by atoms with Gasteiger partial charge in [0.05, 0.1) is 5.75 Å². The molecule has 4 rings (SSSR count). The minimum absolute atomic E-state index is 0.0757. The molecule has 0 fully saturated rings. The van der Waals surface area contributed by atoms with E-state index in [4.69, 9.17) is 0 Å². The van der Waals surface area contributed by atoms with E-state index in [0.717, 1.165) is 18.4 Å². The standard InChI is InChI=1S/C26H27NO2S/c1-19(2)18-30(28,29)27-23-11-7-8-20(16-23)17-26-24-12-5-3-9-21(24)14-15-22-10-4-6-13-25(22)26/h3-13,16-17,19,27H,14-15,18H2,1-2H3. The van der Waals surface area contributed by atoms with Gasteiger partial charge in [-0.1, -0.05) is 74.5 Å². The van der Waals surface area contributed by atoms with E-state index in [2.05, 4.69) is 59.3 Å². The van der Waals surface area contributed by atoms with Gasteiger partial charge in [-0.05, 0) is 70.4 Å². The van der Waals surface area contributed by atoms with Crippen LogP contribution in [0, 0.1) is 5.92 Å². The lowest BCUT2D eigenvalue weighted by atomic mass is 9.92. The fourth-order valence-corrected chi connectivity index (χ4v) is 5.54. The molecule has 0 spiro atoms. The summed E-state index contributed by atoms with van der Waals surface area (Å²) in [7, 11) is -3.36. The Balaban J connectivity index is 1.77. The molecule has 0 radical (unpaired) electrons. The predicted molar refractivity (Wildman–Crippen MR) is 126 cm³/mol. The van der Waals surface area contributed by atoms with Crippen molar-refractivity contribution in [3.8, 4) is 0 Å². The van der Waals surface area contributed by atoms with Gasteiger partial charge in [-0.2, -0.15) is 0 Å². The zero-order valence-corrected chi connectivity index (χ0v) is 18.2. The first-order valence-electron chi connectivity index (χ1n) is 10.4. The van der Waals surface area contributed by atoms with E-state index >= 15 is 0 Å². The molecule has 0 atom stereocenters. The molecule has 0 heterocycles. The molecular formula is C26H27NO2S. The molecule has 0 amide bonds. The molecule has 0 saturated heterocycles. The van der Waals surface area contributed by atoms with Crippen molar-refractivity contribution >= 4 is 27.4 Å². The second-order valence-corrected chi connectivity index (χ2v) is 10.0. The van der Waals surface area contributed by atoms with Gasteiger partial charge in [0.2, 0.25) is 10.0 Å². The summed E-state index contributed by atoms with van der Waals surface area (Å²) in [5.41, 5.74) is 7.92. The van der Waals surface area contributed by atoms with Gasteiger partial charge < -0.3 is 0 Å². The van der Waals surface area contributed by atoms with Crippen molar-refractivity contribution in [2.75, 3.05) is 10.5 Å². The Kier molecular flexibility index (Phi) is 5.78. The second kappa shape index (κ2) is 8.49.